The predicted octanol–water partition coefficient (Wildman–Crippen LogP) is 4.12. The first-order valence-electron chi connectivity index (χ1n) is 5.41. The maximum absolute atomic E-state index is 11.6. The number of halogens is 2. The van der Waals surface area contributed by atoms with Gasteiger partial charge in [-0.1, -0.05) is 23.7 Å². The Morgan fingerprint density at radius 2 is 2.16 bits per heavy atom. The van der Waals surface area contributed by atoms with E-state index in [-0.39, 0.29) is 0 Å². The van der Waals surface area contributed by atoms with E-state index in [4.69, 9.17) is 16.3 Å². The number of pyridine rings is 1. The molecule has 0 N–H and O–H groups in total. The van der Waals surface area contributed by atoms with Gasteiger partial charge in [0.2, 0.25) is 0 Å². The van der Waals surface area contributed by atoms with Gasteiger partial charge in [0, 0.05) is 17.3 Å². The summed E-state index contributed by atoms with van der Waals surface area (Å²) in [5.74, 6) is -0.100. The van der Waals surface area contributed by atoms with Crippen LogP contribution in [0.3, 0.4) is 0 Å². The van der Waals surface area contributed by atoms with E-state index in [0.29, 0.717) is 15.4 Å². The van der Waals surface area contributed by atoms with Crippen LogP contribution in [0.25, 0.3) is 6.08 Å². The topological polar surface area (TPSA) is 39.2 Å². The lowest BCUT2D eigenvalue weighted by Gasteiger charge is -2.02. The zero-order valence-corrected chi connectivity index (χ0v) is 12.1. The first kappa shape index (κ1) is 13.8. The Bertz CT molecular complexity index is 628. The standard InChI is InChI=1S/C14H9BrClNO2/c15-14-12(5-2-8-17-14)19-13(18)7-6-10-3-1-4-11(16)9-10/h1-9H. The number of carbonyl (C=O) groups is 1. The van der Waals surface area contributed by atoms with Crippen molar-refractivity contribution in [2.75, 3.05) is 0 Å². The lowest BCUT2D eigenvalue weighted by molar-refractivity contribution is -0.128. The molecule has 2 rings (SSSR count). The summed E-state index contributed by atoms with van der Waals surface area (Å²) in [4.78, 5) is 15.6. The van der Waals surface area contributed by atoms with Crippen LogP contribution >= 0.6 is 27.5 Å². The Morgan fingerprint density at radius 3 is 2.89 bits per heavy atom. The highest BCUT2D eigenvalue weighted by Gasteiger charge is 2.04. The van der Waals surface area contributed by atoms with Gasteiger partial charge in [0.25, 0.3) is 0 Å². The zero-order valence-electron chi connectivity index (χ0n) is 9.72. The number of hydrogen-bond donors (Lipinski definition) is 0. The van der Waals surface area contributed by atoms with Gasteiger partial charge >= 0.3 is 5.97 Å². The lowest BCUT2D eigenvalue weighted by Crippen LogP contribution is -2.04. The van der Waals surface area contributed by atoms with Crippen molar-refractivity contribution < 1.29 is 9.53 Å². The van der Waals surface area contributed by atoms with Crippen molar-refractivity contribution in [3.8, 4) is 5.75 Å². The summed E-state index contributed by atoms with van der Waals surface area (Å²) in [6.07, 6.45) is 4.58. The number of carbonyl (C=O) groups excluding carboxylic acids is 1. The molecule has 1 heterocycles. The van der Waals surface area contributed by atoms with Crippen LogP contribution in [0.1, 0.15) is 5.56 Å². The van der Waals surface area contributed by atoms with E-state index in [1.54, 1.807) is 36.5 Å². The number of ether oxygens (including phenoxy) is 1. The van der Waals surface area contributed by atoms with Gasteiger partial charge in [-0.25, -0.2) is 9.78 Å². The number of esters is 1. The summed E-state index contributed by atoms with van der Waals surface area (Å²) in [5.41, 5.74) is 0.828. The van der Waals surface area contributed by atoms with Crippen molar-refractivity contribution in [2.24, 2.45) is 0 Å². The van der Waals surface area contributed by atoms with E-state index in [0.717, 1.165) is 5.56 Å². The molecule has 0 aliphatic carbocycles. The minimum atomic E-state index is -0.478. The highest BCUT2D eigenvalue weighted by atomic mass is 79.9. The average Bonchev–Trinajstić information content (AvgIpc) is 2.39. The molecular weight excluding hydrogens is 330 g/mol. The fourth-order valence-corrected chi connectivity index (χ4v) is 1.89. The van der Waals surface area contributed by atoms with Crippen LogP contribution in [0, 0.1) is 0 Å². The molecular formula is C14H9BrClNO2. The summed E-state index contributed by atoms with van der Waals surface area (Å²) in [7, 11) is 0. The summed E-state index contributed by atoms with van der Waals surface area (Å²) >= 11 is 9.05. The molecule has 0 atom stereocenters. The van der Waals surface area contributed by atoms with Crippen LogP contribution in [0.4, 0.5) is 0 Å². The summed E-state index contributed by atoms with van der Waals surface area (Å²) < 4.78 is 5.61. The molecule has 0 aliphatic heterocycles. The molecule has 2 aromatic rings. The molecule has 0 aliphatic rings. The highest BCUT2D eigenvalue weighted by molar-refractivity contribution is 9.10. The van der Waals surface area contributed by atoms with Crippen molar-refractivity contribution in [1.29, 1.82) is 0 Å². The monoisotopic (exact) mass is 337 g/mol. The molecule has 0 spiro atoms. The maximum atomic E-state index is 11.6. The molecule has 0 fully saturated rings. The van der Waals surface area contributed by atoms with Crippen molar-refractivity contribution >= 4 is 39.6 Å². The molecule has 96 valence electrons. The van der Waals surface area contributed by atoms with Gasteiger partial charge in [-0.2, -0.15) is 0 Å². The molecule has 5 heteroatoms. The molecule has 0 amide bonds. The second kappa shape index (κ2) is 6.50. The Labute approximate surface area is 124 Å². The van der Waals surface area contributed by atoms with Crippen molar-refractivity contribution in [1.82, 2.24) is 4.98 Å². The number of benzene rings is 1. The number of rotatable bonds is 3. The van der Waals surface area contributed by atoms with Crippen LogP contribution in [0.15, 0.2) is 53.3 Å². The van der Waals surface area contributed by atoms with E-state index in [2.05, 4.69) is 20.9 Å². The van der Waals surface area contributed by atoms with Gasteiger partial charge in [0.1, 0.15) is 4.60 Å². The van der Waals surface area contributed by atoms with E-state index < -0.39 is 5.97 Å². The summed E-state index contributed by atoms with van der Waals surface area (Å²) in [6, 6.07) is 10.5. The SMILES string of the molecule is O=C(C=Cc1cccc(Cl)c1)Oc1cccnc1Br. The second-order valence-corrected chi connectivity index (χ2v) is 4.79. The zero-order chi connectivity index (χ0) is 13.7. The molecule has 19 heavy (non-hydrogen) atoms. The molecule has 0 radical (unpaired) electrons. The normalized spacial score (nSPS) is 10.6. The minimum absolute atomic E-state index is 0.378. The number of aromatic nitrogens is 1. The molecule has 1 aromatic heterocycles. The van der Waals surface area contributed by atoms with Gasteiger partial charge in [-0.15, -0.1) is 0 Å². The van der Waals surface area contributed by atoms with Gasteiger partial charge in [0.05, 0.1) is 0 Å². The van der Waals surface area contributed by atoms with Crippen LogP contribution in [0.5, 0.6) is 5.75 Å². The Morgan fingerprint density at radius 1 is 1.32 bits per heavy atom. The highest BCUT2D eigenvalue weighted by Crippen LogP contribution is 2.21. The third kappa shape index (κ3) is 4.19. The molecule has 1 aromatic carbocycles. The quantitative estimate of drug-likeness (QED) is 0.480. The van der Waals surface area contributed by atoms with Crippen LogP contribution in [-0.2, 0) is 4.79 Å². The average molecular weight is 339 g/mol. The van der Waals surface area contributed by atoms with E-state index in [1.165, 1.54) is 6.08 Å². The summed E-state index contributed by atoms with van der Waals surface area (Å²) in [6.45, 7) is 0. The first-order chi connectivity index (χ1) is 9.15. The van der Waals surface area contributed by atoms with Crippen molar-refractivity contribution in [3.05, 3.63) is 63.9 Å². The Balaban J connectivity index is 2.04. The molecule has 0 bridgehead atoms. The van der Waals surface area contributed by atoms with Gasteiger partial charge in [0.15, 0.2) is 5.75 Å². The largest absolute Gasteiger partial charge is 0.420 e. The number of hydrogen-bond acceptors (Lipinski definition) is 3. The number of nitrogens with zero attached hydrogens (tertiary/aromatic N) is 1. The van der Waals surface area contributed by atoms with Crippen LogP contribution in [0.2, 0.25) is 5.02 Å². The first-order valence-corrected chi connectivity index (χ1v) is 6.58. The maximum Gasteiger partial charge on any atom is 0.336 e. The molecule has 0 saturated heterocycles. The van der Waals surface area contributed by atoms with Crippen molar-refractivity contribution in [2.45, 2.75) is 0 Å². The minimum Gasteiger partial charge on any atom is -0.420 e. The van der Waals surface area contributed by atoms with Gasteiger partial charge < -0.3 is 4.74 Å². The van der Waals surface area contributed by atoms with Gasteiger partial charge in [-0.05, 0) is 51.8 Å². The Hall–Kier alpha value is -1.65. The second-order valence-electron chi connectivity index (χ2n) is 3.60. The molecule has 3 nitrogen and oxygen atoms in total. The fourth-order valence-electron chi connectivity index (χ4n) is 1.36. The van der Waals surface area contributed by atoms with E-state index >= 15 is 0 Å². The fraction of sp³-hybridized carbons (Fsp3) is 0. The van der Waals surface area contributed by atoms with Crippen LogP contribution in [-0.4, -0.2) is 11.0 Å². The third-order valence-corrected chi connectivity index (χ3v) is 3.03. The molecule has 0 saturated carbocycles. The van der Waals surface area contributed by atoms with E-state index in [9.17, 15) is 4.79 Å². The van der Waals surface area contributed by atoms with Crippen molar-refractivity contribution in [3.63, 3.8) is 0 Å². The van der Waals surface area contributed by atoms with Crippen LogP contribution < -0.4 is 4.74 Å². The third-order valence-electron chi connectivity index (χ3n) is 2.20. The summed E-state index contributed by atoms with van der Waals surface area (Å²) in [5, 5.41) is 0.616. The van der Waals surface area contributed by atoms with Gasteiger partial charge in [-0.3, -0.25) is 0 Å². The molecule has 0 unspecified atom stereocenters. The smallest absolute Gasteiger partial charge is 0.336 e. The lowest BCUT2D eigenvalue weighted by atomic mass is 10.2. The predicted molar refractivity (Wildman–Crippen MR) is 78.1 cm³/mol. The van der Waals surface area contributed by atoms with E-state index in [1.807, 2.05) is 12.1 Å². The Kier molecular flexibility index (Phi) is 4.71.